The molecule has 0 fully saturated rings. The van der Waals surface area contributed by atoms with Crippen molar-refractivity contribution in [3.63, 3.8) is 0 Å². The minimum atomic E-state index is 0.0688. The van der Waals surface area contributed by atoms with Crippen LogP contribution in [0.1, 0.15) is 76.7 Å². The standard InChI is InChI=1S/C36H42N2OS/c1-7-37(8-2)30-17-19-32(26(5)22-30)35(33-20-18-31(23-27(33)6)38(9-3)10-4)24-34(36-12-11-21-40-36)29-15-13-28(25-39)14-16-29/h11-25,35H,7-10H2,1-6H3/b34-24+. The Hall–Kier alpha value is -3.63. The van der Waals surface area contributed by atoms with Crippen LogP contribution in [0.2, 0.25) is 0 Å². The van der Waals surface area contributed by atoms with Crippen LogP contribution in [0.25, 0.3) is 5.57 Å². The maximum atomic E-state index is 11.4. The van der Waals surface area contributed by atoms with Gasteiger partial charge in [0.05, 0.1) is 0 Å². The Morgan fingerprint density at radius 1 is 0.750 bits per heavy atom. The summed E-state index contributed by atoms with van der Waals surface area (Å²) in [5.41, 5.74) is 10.7. The van der Waals surface area contributed by atoms with Crippen molar-refractivity contribution in [3.05, 3.63) is 123 Å². The number of aldehydes is 1. The highest BCUT2D eigenvalue weighted by molar-refractivity contribution is 7.11. The molecule has 0 amide bonds. The molecule has 1 heterocycles. The van der Waals surface area contributed by atoms with Crippen LogP contribution in [0.3, 0.4) is 0 Å². The number of thiophene rings is 1. The largest absolute Gasteiger partial charge is 0.372 e. The number of aryl methyl sites for hydroxylation is 2. The first-order valence-electron chi connectivity index (χ1n) is 14.5. The Morgan fingerprint density at radius 2 is 1.27 bits per heavy atom. The smallest absolute Gasteiger partial charge is 0.150 e. The summed E-state index contributed by atoms with van der Waals surface area (Å²) in [7, 11) is 0. The van der Waals surface area contributed by atoms with Gasteiger partial charge in [0.2, 0.25) is 0 Å². The van der Waals surface area contributed by atoms with E-state index in [2.05, 4.69) is 123 Å². The molecular weight excluding hydrogens is 508 g/mol. The van der Waals surface area contributed by atoms with Crippen LogP contribution in [-0.4, -0.2) is 32.5 Å². The third-order valence-electron chi connectivity index (χ3n) is 7.91. The number of hydrogen-bond donors (Lipinski definition) is 0. The zero-order valence-electron chi connectivity index (χ0n) is 24.8. The van der Waals surface area contributed by atoms with Crippen LogP contribution < -0.4 is 9.80 Å². The number of carbonyl (C=O) groups is 1. The van der Waals surface area contributed by atoms with Gasteiger partial charge in [0.1, 0.15) is 6.29 Å². The fourth-order valence-corrected chi connectivity index (χ4v) is 6.37. The highest BCUT2D eigenvalue weighted by atomic mass is 32.1. The van der Waals surface area contributed by atoms with Crippen LogP contribution in [0.15, 0.2) is 84.3 Å². The van der Waals surface area contributed by atoms with Gasteiger partial charge >= 0.3 is 0 Å². The Kier molecular flexibility index (Phi) is 10.0. The molecule has 0 spiro atoms. The lowest BCUT2D eigenvalue weighted by Crippen LogP contribution is -2.22. The van der Waals surface area contributed by atoms with Crippen molar-refractivity contribution in [1.29, 1.82) is 0 Å². The molecule has 0 aliphatic rings. The lowest BCUT2D eigenvalue weighted by molar-refractivity contribution is 0.112. The number of carbonyl (C=O) groups excluding carboxylic acids is 1. The fourth-order valence-electron chi connectivity index (χ4n) is 5.60. The fraction of sp³-hybridized carbons (Fsp3) is 0.306. The van der Waals surface area contributed by atoms with Gasteiger partial charge in [-0.1, -0.05) is 48.5 Å². The van der Waals surface area contributed by atoms with E-state index in [9.17, 15) is 4.79 Å². The van der Waals surface area contributed by atoms with E-state index < -0.39 is 0 Å². The monoisotopic (exact) mass is 550 g/mol. The first-order valence-corrected chi connectivity index (χ1v) is 15.3. The predicted octanol–water partition coefficient (Wildman–Crippen LogP) is 9.13. The number of anilines is 2. The number of benzene rings is 3. The Labute approximate surface area is 244 Å². The maximum absolute atomic E-state index is 11.4. The first-order chi connectivity index (χ1) is 19.4. The SMILES string of the molecule is CCN(CC)c1ccc(C(/C=C(\c2ccc(C=O)cc2)c2cccs2)c2ccc(N(CC)CC)cc2C)c(C)c1. The summed E-state index contributed by atoms with van der Waals surface area (Å²) >= 11 is 1.75. The Bertz CT molecular complexity index is 1370. The summed E-state index contributed by atoms with van der Waals surface area (Å²) in [5.74, 6) is 0.0688. The van der Waals surface area contributed by atoms with Crippen LogP contribution >= 0.6 is 11.3 Å². The molecular formula is C36H42N2OS. The molecule has 4 aromatic rings. The van der Waals surface area contributed by atoms with Crippen molar-refractivity contribution < 1.29 is 4.79 Å². The summed E-state index contributed by atoms with van der Waals surface area (Å²) in [6, 6.07) is 26.1. The van der Waals surface area contributed by atoms with Crippen LogP contribution in [0.4, 0.5) is 11.4 Å². The number of allylic oxidation sites excluding steroid dienone is 1. The van der Waals surface area contributed by atoms with Crippen molar-refractivity contribution in [1.82, 2.24) is 0 Å². The van der Waals surface area contributed by atoms with Crippen LogP contribution in [-0.2, 0) is 0 Å². The summed E-state index contributed by atoms with van der Waals surface area (Å²) < 4.78 is 0. The molecule has 0 saturated carbocycles. The third kappa shape index (κ3) is 6.39. The third-order valence-corrected chi connectivity index (χ3v) is 8.81. The average molecular weight is 551 g/mol. The van der Waals surface area contributed by atoms with E-state index >= 15 is 0 Å². The Balaban J connectivity index is 1.93. The molecule has 4 heteroatoms. The van der Waals surface area contributed by atoms with Crippen molar-refractivity contribution in [2.45, 2.75) is 47.5 Å². The highest BCUT2D eigenvalue weighted by Crippen LogP contribution is 2.38. The van der Waals surface area contributed by atoms with Crippen molar-refractivity contribution in [2.75, 3.05) is 36.0 Å². The highest BCUT2D eigenvalue weighted by Gasteiger charge is 2.21. The van der Waals surface area contributed by atoms with E-state index in [1.54, 1.807) is 11.3 Å². The summed E-state index contributed by atoms with van der Waals surface area (Å²) in [6.45, 7) is 17.3. The van der Waals surface area contributed by atoms with E-state index in [1.807, 2.05) is 12.1 Å². The number of hydrogen-bond acceptors (Lipinski definition) is 4. The second kappa shape index (κ2) is 13.6. The topological polar surface area (TPSA) is 23.6 Å². The quantitative estimate of drug-likeness (QED) is 0.164. The molecule has 0 unspecified atom stereocenters. The second-order valence-electron chi connectivity index (χ2n) is 10.2. The summed E-state index contributed by atoms with van der Waals surface area (Å²) in [4.78, 5) is 17.4. The van der Waals surface area contributed by atoms with Crippen LogP contribution in [0.5, 0.6) is 0 Å². The molecule has 208 valence electrons. The van der Waals surface area contributed by atoms with Crippen molar-refractivity contribution >= 4 is 34.6 Å². The molecule has 3 aromatic carbocycles. The molecule has 0 atom stereocenters. The molecule has 0 saturated heterocycles. The van der Waals surface area contributed by atoms with Gasteiger partial charge in [-0.3, -0.25) is 4.79 Å². The van der Waals surface area contributed by atoms with E-state index in [1.165, 1.54) is 44.1 Å². The van der Waals surface area contributed by atoms with Gasteiger partial charge in [-0.15, -0.1) is 11.3 Å². The molecule has 40 heavy (non-hydrogen) atoms. The zero-order chi connectivity index (χ0) is 28.6. The zero-order valence-corrected chi connectivity index (χ0v) is 25.6. The van der Waals surface area contributed by atoms with E-state index in [0.29, 0.717) is 5.56 Å². The molecule has 3 nitrogen and oxygen atoms in total. The van der Waals surface area contributed by atoms with Gasteiger partial charge in [0, 0.05) is 53.9 Å². The van der Waals surface area contributed by atoms with Gasteiger partial charge in [0.15, 0.2) is 0 Å². The maximum Gasteiger partial charge on any atom is 0.150 e. The molecule has 1 aromatic heterocycles. The van der Waals surface area contributed by atoms with Gasteiger partial charge in [-0.25, -0.2) is 0 Å². The first kappa shape index (κ1) is 29.4. The number of rotatable bonds is 12. The summed E-state index contributed by atoms with van der Waals surface area (Å²) in [5, 5.41) is 2.13. The molecule has 0 bridgehead atoms. The van der Waals surface area contributed by atoms with Gasteiger partial charge in [0.25, 0.3) is 0 Å². The molecule has 0 aliphatic carbocycles. The van der Waals surface area contributed by atoms with Gasteiger partial charge in [-0.2, -0.15) is 0 Å². The predicted molar refractivity (Wildman–Crippen MR) is 175 cm³/mol. The summed E-state index contributed by atoms with van der Waals surface area (Å²) in [6.07, 6.45) is 3.34. The number of nitrogens with zero attached hydrogens (tertiary/aromatic N) is 2. The van der Waals surface area contributed by atoms with Gasteiger partial charge < -0.3 is 9.80 Å². The Morgan fingerprint density at radius 3 is 1.68 bits per heavy atom. The van der Waals surface area contributed by atoms with Crippen LogP contribution in [0, 0.1) is 13.8 Å². The van der Waals surface area contributed by atoms with E-state index in [0.717, 1.165) is 38.0 Å². The van der Waals surface area contributed by atoms with E-state index in [-0.39, 0.29) is 5.92 Å². The van der Waals surface area contributed by atoms with E-state index in [4.69, 9.17) is 0 Å². The van der Waals surface area contributed by atoms with Gasteiger partial charge in [-0.05, 0) is 111 Å². The lowest BCUT2D eigenvalue weighted by atomic mass is 9.83. The lowest BCUT2D eigenvalue weighted by Gasteiger charge is -2.26. The second-order valence-corrected chi connectivity index (χ2v) is 11.1. The molecule has 4 rings (SSSR count). The molecule has 0 N–H and O–H groups in total. The normalized spacial score (nSPS) is 11.6. The van der Waals surface area contributed by atoms with Crippen molar-refractivity contribution in [3.8, 4) is 0 Å². The van der Waals surface area contributed by atoms with Crippen molar-refractivity contribution in [2.24, 2.45) is 0 Å². The molecule has 0 aliphatic heterocycles. The average Bonchev–Trinajstić information content (AvgIpc) is 3.51. The minimum Gasteiger partial charge on any atom is -0.372 e. The molecule has 0 radical (unpaired) electrons. The minimum absolute atomic E-state index is 0.0688.